The van der Waals surface area contributed by atoms with Crippen molar-refractivity contribution < 1.29 is 4.42 Å². The lowest BCUT2D eigenvalue weighted by Crippen LogP contribution is -1.89. The summed E-state index contributed by atoms with van der Waals surface area (Å²) in [6.07, 6.45) is 3.26. The first-order chi connectivity index (χ1) is 10.3. The van der Waals surface area contributed by atoms with Crippen LogP contribution in [-0.4, -0.2) is 9.97 Å². The zero-order valence-electron chi connectivity index (χ0n) is 10.8. The van der Waals surface area contributed by atoms with E-state index in [1.165, 1.54) is 10.1 Å². The second-order valence-electron chi connectivity index (χ2n) is 4.57. The van der Waals surface area contributed by atoms with Crippen molar-refractivity contribution in [3.05, 3.63) is 60.3 Å². The predicted molar refractivity (Wildman–Crippen MR) is 85.6 cm³/mol. The average Bonchev–Trinajstić information content (AvgIpc) is 3.16. The van der Waals surface area contributed by atoms with E-state index in [9.17, 15) is 0 Å². The van der Waals surface area contributed by atoms with Gasteiger partial charge in [0.25, 0.3) is 0 Å². The maximum atomic E-state index is 6.07. The van der Waals surface area contributed by atoms with E-state index in [0.29, 0.717) is 0 Å². The highest BCUT2D eigenvalue weighted by Crippen LogP contribution is 2.34. The molecule has 5 heteroatoms. The number of aromatic nitrogens is 2. The fourth-order valence-corrected chi connectivity index (χ4v) is 3.42. The fourth-order valence-electron chi connectivity index (χ4n) is 2.21. The van der Waals surface area contributed by atoms with E-state index >= 15 is 0 Å². The topological polar surface area (TPSA) is 38.9 Å². The molecule has 0 unspecified atom stereocenters. The molecule has 3 heterocycles. The van der Waals surface area contributed by atoms with Crippen LogP contribution >= 0.6 is 22.9 Å². The summed E-state index contributed by atoms with van der Waals surface area (Å²) in [7, 11) is 0. The van der Waals surface area contributed by atoms with Crippen molar-refractivity contribution in [1.29, 1.82) is 0 Å². The van der Waals surface area contributed by atoms with Crippen molar-refractivity contribution in [2.45, 2.75) is 0 Å². The lowest BCUT2D eigenvalue weighted by Gasteiger charge is -2.01. The van der Waals surface area contributed by atoms with Gasteiger partial charge < -0.3 is 4.42 Å². The highest BCUT2D eigenvalue weighted by atomic mass is 35.5. The standard InChI is InChI=1S/C16H9ClN2OS/c17-16-18-12(11-5-6-20-9-11)8-13(19-16)15-7-10-3-1-2-4-14(10)21-15/h1-9H. The van der Waals surface area contributed by atoms with E-state index < -0.39 is 0 Å². The molecule has 102 valence electrons. The predicted octanol–water partition coefficient (Wildman–Crippen LogP) is 5.27. The van der Waals surface area contributed by atoms with Gasteiger partial charge in [-0.3, -0.25) is 0 Å². The largest absolute Gasteiger partial charge is 0.472 e. The van der Waals surface area contributed by atoms with E-state index in [1.807, 2.05) is 24.3 Å². The van der Waals surface area contributed by atoms with Gasteiger partial charge in [0, 0.05) is 10.3 Å². The number of halogens is 1. The van der Waals surface area contributed by atoms with Gasteiger partial charge in [0.15, 0.2) is 0 Å². The molecule has 0 bridgehead atoms. The third-order valence-corrected chi connectivity index (χ3v) is 4.50. The van der Waals surface area contributed by atoms with Crippen LogP contribution in [0.15, 0.2) is 59.4 Å². The lowest BCUT2D eigenvalue weighted by atomic mass is 10.2. The van der Waals surface area contributed by atoms with E-state index in [1.54, 1.807) is 23.9 Å². The van der Waals surface area contributed by atoms with Gasteiger partial charge in [-0.2, -0.15) is 0 Å². The van der Waals surface area contributed by atoms with Crippen LogP contribution in [0.2, 0.25) is 5.28 Å². The highest BCUT2D eigenvalue weighted by molar-refractivity contribution is 7.22. The summed E-state index contributed by atoms with van der Waals surface area (Å²) in [4.78, 5) is 9.67. The molecule has 0 fully saturated rings. The van der Waals surface area contributed by atoms with Crippen LogP contribution in [0, 0.1) is 0 Å². The van der Waals surface area contributed by atoms with Crippen LogP contribution in [-0.2, 0) is 0 Å². The van der Waals surface area contributed by atoms with Gasteiger partial charge in [-0.25, -0.2) is 9.97 Å². The molecule has 0 saturated carbocycles. The maximum absolute atomic E-state index is 6.07. The van der Waals surface area contributed by atoms with Crippen molar-refractivity contribution in [3.8, 4) is 21.8 Å². The zero-order chi connectivity index (χ0) is 14.2. The number of furan rings is 1. The Morgan fingerprint density at radius 1 is 1.00 bits per heavy atom. The molecular weight excluding hydrogens is 304 g/mol. The van der Waals surface area contributed by atoms with Crippen molar-refractivity contribution in [2.24, 2.45) is 0 Å². The van der Waals surface area contributed by atoms with Crippen molar-refractivity contribution >= 4 is 33.0 Å². The lowest BCUT2D eigenvalue weighted by molar-refractivity contribution is 0.568. The smallest absolute Gasteiger partial charge is 0.223 e. The average molecular weight is 313 g/mol. The molecule has 0 amide bonds. The quantitative estimate of drug-likeness (QED) is 0.473. The van der Waals surface area contributed by atoms with Crippen LogP contribution in [0.3, 0.4) is 0 Å². The molecule has 3 aromatic heterocycles. The van der Waals surface area contributed by atoms with E-state index in [-0.39, 0.29) is 5.28 Å². The van der Waals surface area contributed by atoms with E-state index in [4.69, 9.17) is 16.0 Å². The summed E-state index contributed by atoms with van der Waals surface area (Å²) >= 11 is 7.76. The molecule has 0 N–H and O–H groups in total. The zero-order valence-corrected chi connectivity index (χ0v) is 12.4. The first-order valence-electron chi connectivity index (χ1n) is 6.36. The van der Waals surface area contributed by atoms with Gasteiger partial charge in [0.05, 0.1) is 28.8 Å². The summed E-state index contributed by atoms with van der Waals surface area (Å²) in [6, 6.07) is 14.2. The van der Waals surface area contributed by atoms with Crippen LogP contribution in [0.5, 0.6) is 0 Å². The highest BCUT2D eigenvalue weighted by Gasteiger charge is 2.10. The molecule has 0 spiro atoms. The van der Waals surface area contributed by atoms with Gasteiger partial charge in [0.1, 0.15) is 0 Å². The van der Waals surface area contributed by atoms with Crippen molar-refractivity contribution in [1.82, 2.24) is 9.97 Å². The summed E-state index contributed by atoms with van der Waals surface area (Å²) in [5, 5.41) is 1.44. The Hall–Kier alpha value is -2.17. The Balaban J connectivity index is 1.88. The Kier molecular flexibility index (Phi) is 2.98. The number of hydrogen-bond donors (Lipinski definition) is 0. The van der Waals surface area contributed by atoms with Gasteiger partial charge >= 0.3 is 0 Å². The molecule has 0 aliphatic heterocycles. The Morgan fingerprint density at radius 3 is 2.67 bits per heavy atom. The third-order valence-electron chi connectivity index (χ3n) is 3.19. The van der Waals surface area contributed by atoms with Crippen LogP contribution in [0.25, 0.3) is 31.9 Å². The molecule has 0 aliphatic carbocycles. The van der Waals surface area contributed by atoms with Crippen LogP contribution in [0.4, 0.5) is 0 Å². The molecular formula is C16H9ClN2OS. The van der Waals surface area contributed by atoms with Crippen LogP contribution in [0.1, 0.15) is 0 Å². The third kappa shape index (κ3) is 2.33. The molecule has 21 heavy (non-hydrogen) atoms. The first-order valence-corrected chi connectivity index (χ1v) is 7.55. The number of hydrogen-bond acceptors (Lipinski definition) is 4. The molecule has 3 nitrogen and oxygen atoms in total. The Bertz CT molecular complexity index is 882. The summed E-state index contributed by atoms with van der Waals surface area (Å²) in [5.74, 6) is 0. The Labute approximate surface area is 129 Å². The summed E-state index contributed by atoms with van der Waals surface area (Å²) in [6.45, 7) is 0. The van der Waals surface area contributed by atoms with Gasteiger partial charge in [-0.15, -0.1) is 11.3 Å². The second kappa shape index (κ2) is 4.98. The minimum atomic E-state index is 0.237. The molecule has 0 atom stereocenters. The number of benzene rings is 1. The minimum absolute atomic E-state index is 0.237. The molecule has 0 saturated heterocycles. The molecule has 0 aliphatic rings. The minimum Gasteiger partial charge on any atom is -0.472 e. The van der Waals surface area contributed by atoms with Crippen LogP contribution < -0.4 is 0 Å². The summed E-state index contributed by atoms with van der Waals surface area (Å²) < 4.78 is 6.33. The molecule has 1 aromatic carbocycles. The van der Waals surface area contributed by atoms with Crippen molar-refractivity contribution in [3.63, 3.8) is 0 Å². The van der Waals surface area contributed by atoms with Gasteiger partial charge in [-0.05, 0) is 41.3 Å². The molecule has 4 aromatic rings. The second-order valence-corrected chi connectivity index (χ2v) is 5.99. The Morgan fingerprint density at radius 2 is 1.86 bits per heavy atom. The number of thiophene rings is 1. The normalized spacial score (nSPS) is 11.1. The van der Waals surface area contributed by atoms with E-state index in [2.05, 4.69) is 28.2 Å². The first kappa shape index (κ1) is 12.6. The number of fused-ring (bicyclic) bond motifs is 1. The number of rotatable bonds is 2. The van der Waals surface area contributed by atoms with Crippen molar-refractivity contribution in [2.75, 3.05) is 0 Å². The summed E-state index contributed by atoms with van der Waals surface area (Å²) in [5.41, 5.74) is 2.48. The maximum Gasteiger partial charge on any atom is 0.223 e. The fraction of sp³-hybridized carbons (Fsp3) is 0. The monoisotopic (exact) mass is 312 g/mol. The molecule has 0 radical (unpaired) electrons. The van der Waals surface area contributed by atoms with Gasteiger partial charge in [0.2, 0.25) is 5.28 Å². The van der Waals surface area contributed by atoms with E-state index in [0.717, 1.165) is 21.8 Å². The number of nitrogens with zero attached hydrogens (tertiary/aromatic N) is 2. The van der Waals surface area contributed by atoms with Gasteiger partial charge in [-0.1, -0.05) is 18.2 Å². The molecule has 4 rings (SSSR count). The SMILES string of the molecule is Clc1nc(-c2ccoc2)cc(-c2cc3ccccc3s2)n1.